The maximum Gasteiger partial charge on any atom is 0.244 e. The molecule has 5 N–H and O–H groups in total. The third-order valence-corrected chi connectivity index (χ3v) is 3.76. The molecular formula is C23H36N4O5. The molecule has 2 rings (SSSR count). The molecule has 9 nitrogen and oxygen atoms in total. The number of hydrogen-bond donors (Lipinski definition) is 5. The minimum Gasteiger partial charge on any atom is -0.397 e. The fourth-order valence-corrected chi connectivity index (χ4v) is 2.44. The molecule has 1 aromatic carbocycles. The Morgan fingerprint density at radius 2 is 1.69 bits per heavy atom. The fourth-order valence-electron chi connectivity index (χ4n) is 2.44. The number of hydroxylamine groups is 1. The predicted octanol–water partition coefficient (Wildman–Crippen LogP) is 1.81. The molecule has 0 aliphatic carbocycles. The molecule has 0 saturated heterocycles. The van der Waals surface area contributed by atoms with Gasteiger partial charge in [-0.1, -0.05) is 39.0 Å². The molecule has 0 spiro atoms. The maximum absolute atomic E-state index is 12.3. The SMILES string of the molecule is CC(C)C.CCO.CNC(=O)CNC(=O)C(CC(=O)NO)Cc1cnc2ccccc2c1. The smallest absolute Gasteiger partial charge is 0.244 e. The Labute approximate surface area is 189 Å². The van der Waals surface area contributed by atoms with Gasteiger partial charge in [-0.15, -0.1) is 0 Å². The van der Waals surface area contributed by atoms with Crippen molar-refractivity contribution in [2.24, 2.45) is 11.8 Å². The molecule has 1 atom stereocenters. The van der Waals surface area contributed by atoms with Crippen molar-refractivity contribution in [2.75, 3.05) is 20.2 Å². The average molecular weight is 449 g/mol. The van der Waals surface area contributed by atoms with Crippen molar-refractivity contribution in [3.8, 4) is 0 Å². The monoisotopic (exact) mass is 448 g/mol. The van der Waals surface area contributed by atoms with Crippen LogP contribution in [0, 0.1) is 11.8 Å². The highest BCUT2D eigenvalue weighted by atomic mass is 16.5. The number of fused-ring (bicyclic) bond motifs is 1. The van der Waals surface area contributed by atoms with Crippen LogP contribution in [0.5, 0.6) is 0 Å². The number of carbonyl (C=O) groups excluding carboxylic acids is 3. The van der Waals surface area contributed by atoms with E-state index in [4.69, 9.17) is 10.3 Å². The van der Waals surface area contributed by atoms with E-state index in [2.05, 4.69) is 36.4 Å². The highest BCUT2D eigenvalue weighted by Gasteiger charge is 2.23. The molecule has 32 heavy (non-hydrogen) atoms. The number of nitrogens with zero attached hydrogens (tertiary/aromatic N) is 1. The molecule has 0 saturated carbocycles. The maximum atomic E-state index is 12.3. The Morgan fingerprint density at radius 3 is 2.25 bits per heavy atom. The van der Waals surface area contributed by atoms with Crippen LogP contribution in [0.3, 0.4) is 0 Å². The molecule has 2 aromatic rings. The van der Waals surface area contributed by atoms with Crippen LogP contribution in [0.25, 0.3) is 10.9 Å². The fraction of sp³-hybridized carbons (Fsp3) is 0.478. The molecular weight excluding hydrogens is 412 g/mol. The van der Waals surface area contributed by atoms with E-state index in [1.165, 1.54) is 12.5 Å². The van der Waals surface area contributed by atoms with Gasteiger partial charge in [0.15, 0.2) is 0 Å². The van der Waals surface area contributed by atoms with E-state index in [1.54, 1.807) is 13.1 Å². The molecule has 1 unspecified atom stereocenters. The van der Waals surface area contributed by atoms with Gasteiger partial charge in [-0.05, 0) is 37.0 Å². The lowest BCUT2D eigenvalue weighted by molar-refractivity contribution is -0.135. The number of hydrogen-bond acceptors (Lipinski definition) is 6. The molecule has 178 valence electrons. The summed E-state index contributed by atoms with van der Waals surface area (Å²) in [6, 6.07) is 9.47. The Kier molecular flexibility index (Phi) is 15.0. The zero-order chi connectivity index (χ0) is 24.5. The first-order chi connectivity index (χ1) is 15.2. The van der Waals surface area contributed by atoms with Crippen molar-refractivity contribution >= 4 is 28.6 Å². The minimum absolute atomic E-state index is 0.178. The number of benzene rings is 1. The number of amides is 3. The first-order valence-electron chi connectivity index (χ1n) is 10.5. The third kappa shape index (κ3) is 12.6. The van der Waals surface area contributed by atoms with Gasteiger partial charge in [0.2, 0.25) is 17.7 Å². The summed E-state index contributed by atoms with van der Waals surface area (Å²) < 4.78 is 0. The van der Waals surface area contributed by atoms with Gasteiger partial charge in [0.05, 0.1) is 18.0 Å². The highest BCUT2D eigenvalue weighted by Crippen LogP contribution is 2.17. The van der Waals surface area contributed by atoms with Crippen molar-refractivity contribution in [1.82, 2.24) is 21.1 Å². The van der Waals surface area contributed by atoms with Gasteiger partial charge in [0.1, 0.15) is 0 Å². The Balaban J connectivity index is 0.00000121. The number of aliphatic hydroxyl groups is 1. The summed E-state index contributed by atoms with van der Waals surface area (Å²) in [7, 11) is 1.46. The molecule has 0 aliphatic heterocycles. The second kappa shape index (κ2) is 16.6. The first kappa shape index (κ1) is 29.0. The van der Waals surface area contributed by atoms with Gasteiger partial charge >= 0.3 is 0 Å². The number of aliphatic hydroxyl groups excluding tert-OH is 1. The van der Waals surface area contributed by atoms with Crippen LogP contribution < -0.4 is 16.1 Å². The van der Waals surface area contributed by atoms with E-state index in [-0.39, 0.29) is 31.9 Å². The summed E-state index contributed by atoms with van der Waals surface area (Å²) in [6.07, 6.45) is 1.70. The second-order valence-electron chi connectivity index (χ2n) is 7.62. The second-order valence-corrected chi connectivity index (χ2v) is 7.62. The summed E-state index contributed by atoms with van der Waals surface area (Å²) in [5.74, 6) is -1.36. The number of rotatable bonds is 7. The molecule has 0 bridgehead atoms. The highest BCUT2D eigenvalue weighted by molar-refractivity contribution is 5.89. The summed E-state index contributed by atoms with van der Waals surface area (Å²) in [5.41, 5.74) is 3.14. The van der Waals surface area contributed by atoms with Crippen LogP contribution >= 0.6 is 0 Å². The van der Waals surface area contributed by atoms with Crippen molar-refractivity contribution in [3.63, 3.8) is 0 Å². The van der Waals surface area contributed by atoms with Gasteiger partial charge in [0.25, 0.3) is 0 Å². The lowest BCUT2D eigenvalue weighted by atomic mass is 9.95. The van der Waals surface area contributed by atoms with Gasteiger partial charge in [-0.3, -0.25) is 24.6 Å². The quantitative estimate of drug-likeness (QED) is 0.323. The van der Waals surface area contributed by atoms with Crippen molar-refractivity contribution in [1.29, 1.82) is 0 Å². The normalized spacial score (nSPS) is 10.8. The number of likely N-dealkylation sites (N-methyl/N-ethyl adjacent to an activating group) is 1. The van der Waals surface area contributed by atoms with E-state index in [1.807, 2.05) is 30.3 Å². The van der Waals surface area contributed by atoms with Gasteiger partial charge < -0.3 is 15.7 Å². The number of aromatic nitrogens is 1. The van der Waals surface area contributed by atoms with Crippen LogP contribution in [0.1, 0.15) is 39.7 Å². The number of pyridine rings is 1. The summed E-state index contributed by atoms with van der Waals surface area (Å²) >= 11 is 0. The van der Waals surface area contributed by atoms with Gasteiger partial charge in [-0.2, -0.15) is 0 Å². The van der Waals surface area contributed by atoms with Crippen LogP contribution in [-0.2, 0) is 20.8 Å². The summed E-state index contributed by atoms with van der Waals surface area (Å²) in [4.78, 5) is 39.4. The summed E-state index contributed by atoms with van der Waals surface area (Å²) in [5, 5.41) is 22.1. The molecule has 3 amide bonds. The molecule has 9 heteroatoms. The topological polar surface area (TPSA) is 141 Å². The molecule has 1 aromatic heterocycles. The lowest BCUT2D eigenvalue weighted by Crippen LogP contribution is -2.40. The minimum atomic E-state index is -0.736. The molecule has 0 aliphatic rings. The summed E-state index contributed by atoms with van der Waals surface area (Å²) in [6.45, 7) is 8.25. The molecule has 0 fully saturated rings. The first-order valence-corrected chi connectivity index (χ1v) is 10.5. The third-order valence-electron chi connectivity index (χ3n) is 3.76. The Bertz CT molecular complexity index is 839. The molecule has 0 radical (unpaired) electrons. The standard InChI is InChI=1S/C17H20N4O4.C4H10.C2H6O/c1-18-16(23)10-20-17(24)13(8-15(22)21-25)7-11-6-12-4-2-3-5-14(12)19-9-11;1-4(2)3;1-2-3/h2-6,9,13,25H,7-8,10H2,1H3,(H,18,23)(H,20,24)(H,21,22);4H,1-3H3;3H,2H2,1H3. The zero-order valence-corrected chi connectivity index (χ0v) is 19.5. The van der Waals surface area contributed by atoms with Crippen LogP contribution in [0.15, 0.2) is 36.5 Å². The van der Waals surface area contributed by atoms with E-state index in [0.29, 0.717) is 0 Å². The average Bonchev–Trinajstić information content (AvgIpc) is 2.76. The lowest BCUT2D eigenvalue weighted by Gasteiger charge is -2.16. The Hall–Kier alpha value is -3.04. The van der Waals surface area contributed by atoms with E-state index in [9.17, 15) is 14.4 Å². The van der Waals surface area contributed by atoms with E-state index < -0.39 is 17.7 Å². The molecule has 1 heterocycles. The van der Waals surface area contributed by atoms with E-state index in [0.717, 1.165) is 22.4 Å². The van der Waals surface area contributed by atoms with Crippen molar-refractivity contribution in [2.45, 2.75) is 40.5 Å². The largest absolute Gasteiger partial charge is 0.397 e. The van der Waals surface area contributed by atoms with Crippen LogP contribution in [0.2, 0.25) is 0 Å². The number of carbonyl (C=O) groups is 3. The Morgan fingerprint density at radius 1 is 1.09 bits per heavy atom. The number of nitrogens with one attached hydrogen (secondary N) is 3. The van der Waals surface area contributed by atoms with Gasteiger partial charge in [-0.25, -0.2) is 5.48 Å². The van der Waals surface area contributed by atoms with Crippen LogP contribution in [-0.4, -0.2) is 53.2 Å². The van der Waals surface area contributed by atoms with Crippen molar-refractivity contribution < 1.29 is 24.7 Å². The van der Waals surface area contributed by atoms with Crippen molar-refractivity contribution in [3.05, 3.63) is 42.1 Å². The van der Waals surface area contributed by atoms with Gasteiger partial charge in [0, 0.05) is 31.7 Å². The zero-order valence-electron chi connectivity index (χ0n) is 19.5. The number of para-hydroxylation sites is 1. The predicted molar refractivity (Wildman–Crippen MR) is 124 cm³/mol. The van der Waals surface area contributed by atoms with E-state index >= 15 is 0 Å². The van der Waals surface area contributed by atoms with Crippen LogP contribution in [0.4, 0.5) is 0 Å².